The van der Waals surface area contributed by atoms with Crippen LogP contribution in [0.4, 0.5) is 4.79 Å². The molecule has 0 aromatic heterocycles. The number of amides is 2. The van der Waals surface area contributed by atoms with Crippen molar-refractivity contribution in [3.63, 3.8) is 0 Å². The van der Waals surface area contributed by atoms with Crippen LogP contribution in [0.2, 0.25) is 0 Å². The van der Waals surface area contributed by atoms with E-state index in [-0.39, 0.29) is 52.8 Å². The second kappa shape index (κ2) is 10.7. The predicted molar refractivity (Wildman–Crippen MR) is 147 cm³/mol. The third-order valence-corrected chi connectivity index (χ3v) is 11.6. The van der Waals surface area contributed by atoms with E-state index < -0.39 is 23.0 Å². The molecule has 1 aliphatic heterocycles. The molecule has 214 valence electrons. The molecule has 3 saturated carbocycles. The molecule has 4 aliphatic rings. The number of carbonyl (C=O) groups excluding carboxylic acids is 3. The first-order valence-corrected chi connectivity index (χ1v) is 14.7. The first-order valence-electron chi connectivity index (χ1n) is 14.7. The standard InChI is InChI=1S/C31H50N2O5/c1-9-13-29(5)17-24(38-28(36)32-27(35)22-18-33(7)16-12-19(22)2)30(6)20(3)10-14-31(21(4)26(29)34)15-11-23(37-8)25(30)31/h9,13,19-25H,10-12,14-18H2,1-8H3,(H,32,35,36)/t19-,20+,21-,22-,23?,24+,25?,29+,30-,31?/m0/s1. The maximum atomic E-state index is 14.2. The molecule has 3 unspecified atom stereocenters. The summed E-state index contributed by atoms with van der Waals surface area (Å²) in [6.45, 7) is 14.2. The van der Waals surface area contributed by atoms with Gasteiger partial charge in [-0.2, -0.15) is 0 Å². The number of Topliss-reactive ketones (excluding diaryl/α,β-unsaturated/α-hetero) is 1. The van der Waals surface area contributed by atoms with Crippen molar-refractivity contribution in [1.29, 1.82) is 0 Å². The number of nitrogens with zero attached hydrogens (tertiary/aromatic N) is 1. The van der Waals surface area contributed by atoms with E-state index in [1.807, 2.05) is 33.0 Å². The van der Waals surface area contributed by atoms with E-state index in [0.29, 0.717) is 13.0 Å². The average Bonchev–Trinajstić information content (AvgIpc) is 3.27. The molecule has 7 nitrogen and oxygen atoms in total. The van der Waals surface area contributed by atoms with Gasteiger partial charge in [0.25, 0.3) is 0 Å². The van der Waals surface area contributed by atoms with Gasteiger partial charge in [0.1, 0.15) is 11.9 Å². The maximum absolute atomic E-state index is 14.2. The fraction of sp³-hybridized carbons (Fsp3) is 0.839. The molecule has 1 heterocycles. The molecule has 7 heteroatoms. The molecule has 4 rings (SSSR count). The van der Waals surface area contributed by atoms with Gasteiger partial charge in [0.05, 0.1) is 12.0 Å². The van der Waals surface area contributed by atoms with E-state index >= 15 is 0 Å². The van der Waals surface area contributed by atoms with E-state index in [4.69, 9.17) is 9.47 Å². The van der Waals surface area contributed by atoms with Crippen LogP contribution in [0, 0.1) is 45.8 Å². The van der Waals surface area contributed by atoms with Crippen LogP contribution >= 0.6 is 0 Å². The third-order valence-electron chi connectivity index (χ3n) is 11.6. The Balaban J connectivity index is 1.70. The zero-order valence-corrected chi connectivity index (χ0v) is 24.8. The molecule has 3 aliphatic carbocycles. The number of methoxy groups -OCH3 is 1. The molecule has 0 aromatic rings. The topological polar surface area (TPSA) is 84.9 Å². The third kappa shape index (κ3) is 4.66. The lowest BCUT2D eigenvalue weighted by Gasteiger charge is -2.61. The Morgan fingerprint density at radius 3 is 2.45 bits per heavy atom. The monoisotopic (exact) mass is 530 g/mol. The number of carbonyl (C=O) groups is 3. The average molecular weight is 531 g/mol. The highest BCUT2D eigenvalue weighted by molar-refractivity contribution is 5.93. The number of likely N-dealkylation sites (tertiary alicyclic amines) is 1. The summed E-state index contributed by atoms with van der Waals surface area (Å²) >= 11 is 0. The number of rotatable bonds is 4. The van der Waals surface area contributed by atoms with Crippen LogP contribution in [0.25, 0.3) is 0 Å². The number of ketones is 1. The van der Waals surface area contributed by atoms with Crippen molar-refractivity contribution in [2.24, 2.45) is 45.8 Å². The van der Waals surface area contributed by atoms with E-state index in [1.165, 1.54) is 0 Å². The van der Waals surface area contributed by atoms with Gasteiger partial charge in [0.2, 0.25) is 5.91 Å². The van der Waals surface area contributed by atoms with Crippen molar-refractivity contribution in [1.82, 2.24) is 10.2 Å². The van der Waals surface area contributed by atoms with E-state index in [9.17, 15) is 14.4 Å². The van der Waals surface area contributed by atoms with Gasteiger partial charge in [-0.15, -0.1) is 0 Å². The SMILES string of the molecule is CC=C[C@]1(C)C[C@@H](OC(=O)NC(=O)[C@H]2CN(C)CC[C@@H]2C)[C@@]2(C)C3C(OC)CCC3(CC[C@H]2C)[C@@H](C)C1=O. The summed E-state index contributed by atoms with van der Waals surface area (Å²) in [5, 5.41) is 2.59. The lowest BCUT2D eigenvalue weighted by Crippen LogP contribution is -2.63. The first-order chi connectivity index (χ1) is 17.8. The molecular formula is C31H50N2O5. The highest BCUT2D eigenvalue weighted by atomic mass is 16.6. The van der Waals surface area contributed by atoms with Crippen molar-refractivity contribution in [3.05, 3.63) is 12.2 Å². The lowest BCUT2D eigenvalue weighted by molar-refractivity contribution is -0.189. The molecule has 0 spiro atoms. The summed E-state index contributed by atoms with van der Waals surface area (Å²) in [7, 11) is 3.77. The summed E-state index contributed by atoms with van der Waals surface area (Å²) in [4.78, 5) is 42.9. The summed E-state index contributed by atoms with van der Waals surface area (Å²) in [6.07, 6.45) is 7.86. The van der Waals surface area contributed by atoms with Gasteiger partial charge in [0.15, 0.2) is 0 Å². The predicted octanol–water partition coefficient (Wildman–Crippen LogP) is 5.23. The van der Waals surface area contributed by atoms with Crippen LogP contribution < -0.4 is 5.32 Å². The van der Waals surface area contributed by atoms with Gasteiger partial charge >= 0.3 is 6.09 Å². The minimum Gasteiger partial charge on any atom is -0.445 e. The second-order valence-electron chi connectivity index (χ2n) is 13.6. The van der Waals surface area contributed by atoms with Gasteiger partial charge in [-0.25, -0.2) is 4.79 Å². The Bertz CT molecular complexity index is 966. The number of nitrogens with one attached hydrogen (secondary N) is 1. The highest BCUT2D eigenvalue weighted by Crippen LogP contribution is 2.68. The largest absolute Gasteiger partial charge is 0.445 e. The lowest BCUT2D eigenvalue weighted by atomic mass is 9.44. The van der Waals surface area contributed by atoms with Crippen LogP contribution in [0.5, 0.6) is 0 Å². The summed E-state index contributed by atoms with van der Waals surface area (Å²) in [5.74, 6) is 0.159. The van der Waals surface area contributed by atoms with Crippen LogP contribution in [-0.2, 0) is 19.1 Å². The molecule has 38 heavy (non-hydrogen) atoms. The zero-order valence-electron chi connectivity index (χ0n) is 24.8. The Kier molecular flexibility index (Phi) is 8.22. The number of hydrogen-bond acceptors (Lipinski definition) is 6. The smallest absolute Gasteiger partial charge is 0.414 e. The van der Waals surface area contributed by atoms with Gasteiger partial charge in [0, 0.05) is 42.7 Å². The molecule has 0 radical (unpaired) electrons. The molecule has 10 atom stereocenters. The van der Waals surface area contributed by atoms with E-state index in [2.05, 4.69) is 37.9 Å². The van der Waals surface area contributed by atoms with Gasteiger partial charge < -0.3 is 14.4 Å². The number of piperidine rings is 1. The fourth-order valence-corrected chi connectivity index (χ4v) is 9.05. The normalized spacial score (nSPS) is 45.8. The molecule has 0 aromatic carbocycles. The van der Waals surface area contributed by atoms with Crippen LogP contribution in [0.3, 0.4) is 0 Å². The van der Waals surface area contributed by atoms with Crippen molar-refractivity contribution >= 4 is 17.8 Å². The maximum Gasteiger partial charge on any atom is 0.414 e. The van der Waals surface area contributed by atoms with Gasteiger partial charge in [-0.1, -0.05) is 39.8 Å². The Labute approximate surface area is 229 Å². The minimum atomic E-state index is -0.759. The van der Waals surface area contributed by atoms with Crippen molar-refractivity contribution in [3.8, 4) is 0 Å². The number of alkyl carbamates (subject to hydrolysis) is 1. The highest BCUT2D eigenvalue weighted by Gasteiger charge is 2.68. The molecule has 1 saturated heterocycles. The number of imide groups is 1. The van der Waals surface area contributed by atoms with Crippen molar-refractivity contribution in [2.45, 2.75) is 92.3 Å². The number of ether oxygens (including phenoxy) is 2. The van der Waals surface area contributed by atoms with Gasteiger partial charge in [-0.05, 0) is 76.8 Å². The first kappa shape index (κ1) is 29.3. The fourth-order valence-electron chi connectivity index (χ4n) is 9.05. The summed E-state index contributed by atoms with van der Waals surface area (Å²) < 4.78 is 12.4. The molecule has 2 amide bonds. The van der Waals surface area contributed by atoms with Crippen LogP contribution in [0.15, 0.2) is 12.2 Å². The molecule has 4 fully saturated rings. The number of allylic oxidation sites excluding steroid dienone is 2. The Morgan fingerprint density at radius 1 is 1.11 bits per heavy atom. The van der Waals surface area contributed by atoms with Crippen LogP contribution in [-0.4, -0.2) is 62.1 Å². The number of hydrogen-bond donors (Lipinski definition) is 1. The zero-order chi connectivity index (χ0) is 28.0. The molecular weight excluding hydrogens is 480 g/mol. The van der Waals surface area contributed by atoms with E-state index in [0.717, 1.165) is 38.6 Å². The van der Waals surface area contributed by atoms with Crippen molar-refractivity contribution < 1.29 is 23.9 Å². The molecule has 1 N–H and O–H groups in total. The van der Waals surface area contributed by atoms with Gasteiger partial charge in [-0.3, -0.25) is 14.9 Å². The Morgan fingerprint density at radius 2 is 1.79 bits per heavy atom. The second-order valence-corrected chi connectivity index (χ2v) is 13.6. The minimum absolute atomic E-state index is 0.0125. The quantitative estimate of drug-likeness (QED) is 0.501. The van der Waals surface area contributed by atoms with Crippen LogP contribution in [0.1, 0.15) is 80.1 Å². The summed E-state index contributed by atoms with van der Waals surface area (Å²) in [6, 6.07) is 0. The van der Waals surface area contributed by atoms with Crippen molar-refractivity contribution in [2.75, 3.05) is 27.2 Å². The summed E-state index contributed by atoms with van der Waals surface area (Å²) in [5.41, 5.74) is -1.34. The van der Waals surface area contributed by atoms with E-state index in [1.54, 1.807) is 7.11 Å². The Hall–Kier alpha value is -1.73. The molecule has 2 bridgehead atoms.